The van der Waals surface area contributed by atoms with E-state index in [1.165, 1.54) is 25.7 Å². The third kappa shape index (κ3) is 3.78. The van der Waals surface area contributed by atoms with Gasteiger partial charge in [0.15, 0.2) is 0 Å². The highest BCUT2D eigenvalue weighted by molar-refractivity contribution is 6.18. The Kier molecular flexibility index (Phi) is 4.72. The average Bonchev–Trinajstić information content (AvgIpc) is 2.55. The summed E-state index contributed by atoms with van der Waals surface area (Å²) in [5.74, 6) is 1.39. The third-order valence-electron chi connectivity index (χ3n) is 3.27. The zero-order valence-electron chi connectivity index (χ0n) is 9.68. The maximum atomic E-state index is 6.00. The summed E-state index contributed by atoms with van der Waals surface area (Å²) in [6.07, 6.45) is 5.40. The van der Waals surface area contributed by atoms with Crippen LogP contribution in [0, 0.1) is 11.3 Å². The Labute approximate surface area is 93.2 Å². The van der Waals surface area contributed by atoms with E-state index >= 15 is 0 Å². The molecule has 0 aromatic carbocycles. The standard InChI is InChI=1S/C12H23ClO/c1-12(2,3)10(9-13)6-7-11-5-4-8-14-11/h10-11H,4-9H2,1-3H3. The highest BCUT2D eigenvalue weighted by Crippen LogP contribution is 2.32. The Bertz CT molecular complexity index is 156. The molecular formula is C12H23ClO. The lowest BCUT2D eigenvalue weighted by Gasteiger charge is -2.29. The maximum Gasteiger partial charge on any atom is 0.0576 e. The number of halogens is 1. The number of hydrogen-bond acceptors (Lipinski definition) is 1. The van der Waals surface area contributed by atoms with Gasteiger partial charge in [0.2, 0.25) is 0 Å². The summed E-state index contributed by atoms with van der Waals surface area (Å²) in [6, 6.07) is 0. The van der Waals surface area contributed by atoms with Gasteiger partial charge in [-0.05, 0) is 37.0 Å². The molecule has 1 aliphatic heterocycles. The van der Waals surface area contributed by atoms with Crippen LogP contribution in [0.5, 0.6) is 0 Å². The average molecular weight is 219 g/mol. The van der Waals surface area contributed by atoms with Gasteiger partial charge in [0, 0.05) is 12.5 Å². The van der Waals surface area contributed by atoms with Crippen LogP contribution in [-0.4, -0.2) is 18.6 Å². The smallest absolute Gasteiger partial charge is 0.0576 e. The van der Waals surface area contributed by atoms with Gasteiger partial charge in [0.05, 0.1) is 6.10 Å². The molecule has 2 unspecified atom stereocenters. The van der Waals surface area contributed by atoms with Crippen LogP contribution in [-0.2, 0) is 4.74 Å². The van der Waals surface area contributed by atoms with Crippen LogP contribution in [0.3, 0.4) is 0 Å². The predicted octanol–water partition coefficient (Wildman–Crippen LogP) is 3.85. The molecule has 1 aliphatic rings. The normalized spacial score (nSPS) is 25.3. The molecular weight excluding hydrogens is 196 g/mol. The molecule has 0 radical (unpaired) electrons. The fourth-order valence-corrected chi connectivity index (χ4v) is 2.62. The summed E-state index contributed by atoms with van der Waals surface area (Å²) in [5.41, 5.74) is 0.334. The first-order chi connectivity index (χ1) is 6.54. The van der Waals surface area contributed by atoms with E-state index in [1.54, 1.807) is 0 Å². The summed E-state index contributed by atoms with van der Waals surface area (Å²) >= 11 is 6.00. The molecule has 2 heteroatoms. The lowest BCUT2D eigenvalue weighted by molar-refractivity contribution is 0.0918. The van der Waals surface area contributed by atoms with E-state index in [1.807, 2.05) is 0 Å². The van der Waals surface area contributed by atoms with Crippen LogP contribution in [0.1, 0.15) is 46.5 Å². The lowest BCUT2D eigenvalue weighted by Crippen LogP contribution is -2.23. The first-order valence-corrected chi connectivity index (χ1v) is 6.25. The van der Waals surface area contributed by atoms with Crippen LogP contribution in [0.15, 0.2) is 0 Å². The molecule has 0 saturated carbocycles. The molecule has 84 valence electrons. The van der Waals surface area contributed by atoms with E-state index in [4.69, 9.17) is 16.3 Å². The zero-order chi connectivity index (χ0) is 10.6. The molecule has 0 bridgehead atoms. The zero-order valence-corrected chi connectivity index (χ0v) is 10.4. The largest absolute Gasteiger partial charge is 0.378 e. The van der Waals surface area contributed by atoms with Crippen molar-refractivity contribution in [2.45, 2.75) is 52.6 Å². The summed E-state index contributed by atoms with van der Waals surface area (Å²) in [7, 11) is 0. The minimum Gasteiger partial charge on any atom is -0.378 e. The number of ether oxygens (including phenoxy) is 1. The molecule has 1 rings (SSSR count). The van der Waals surface area contributed by atoms with Gasteiger partial charge < -0.3 is 4.74 Å². The van der Waals surface area contributed by atoms with Gasteiger partial charge in [-0.2, -0.15) is 0 Å². The number of alkyl halides is 1. The molecule has 1 nitrogen and oxygen atoms in total. The Hall–Kier alpha value is 0.250. The van der Waals surface area contributed by atoms with Crippen LogP contribution < -0.4 is 0 Å². The van der Waals surface area contributed by atoms with E-state index in [0.717, 1.165) is 12.5 Å². The van der Waals surface area contributed by atoms with Crippen molar-refractivity contribution >= 4 is 11.6 Å². The molecule has 1 fully saturated rings. The first kappa shape index (κ1) is 12.3. The number of rotatable bonds is 4. The summed E-state index contributed by atoms with van der Waals surface area (Å²) in [5, 5.41) is 0. The molecule has 0 aromatic heterocycles. The second-order valence-electron chi connectivity index (χ2n) is 5.43. The molecule has 0 aliphatic carbocycles. The van der Waals surface area contributed by atoms with E-state index < -0.39 is 0 Å². The van der Waals surface area contributed by atoms with Gasteiger partial charge >= 0.3 is 0 Å². The van der Waals surface area contributed by atoms with Crippen molar-refractivity contribution < 1.29 is 4.74 Å². The van der Waals surface area contributed by atoms with Gasteiger partial charge in [-0.1, -0.05) is 20.8 Å². The van der Waals surface area contributed by atoms with Gasteiger partial charge in [-0.25, -0.2) is 0 Å². The van der Waals surface area contributed by atoms with Crippen LogP contribution in [0.25, 0.3) is 0 Å². The Morgan fingerprint density at radius 3 is 2.57 bits per heavy atom. The summed E-state index contributed by atoms with van der Waals surface area (Å²) < 4.78 is 5.62. The molecule has 1 heterocycles. The highest BCUT2D eigenvalue weighted by atomic mass is 35.5. The number of hydrogen-bond donors (Lipinski definition) is 0. The van der Waals surface area contributed by atoms with Crippen molar-refractivity contribution in [3.63, 3.8) is 0 Å². The van der Waals surface area contributed by atoms with Crippen molar-refractivity contribution in [1.29, 1.82) is 0 Å². The van der Waals surface area contributed by atoms with Gasteiger partial charge in [-0.15, -0.1) is 11.6 Å². The summed E-state index contributed by atoms with van der Waals surface area (Å²) in [4.78, 5) is 0. The van der Waals surface area contributed by atoms with E-state index in [9.17, 15) is 0 Å². The van der Waals surface area contributed by atoms with Gasteiger partial charge in [-0.3, -0.25) is 0 Å². The third-order valence-corrected chi connectivity index (χ3v) is 3.64. The van der Waals surface area contributed by atoms with Crippen LogP contribution in [0.2, 0.25) is 0 Å². The minimum absolute atomic E-state index is 0.334. The fourth-order valence-electron chi connectivity index (χ4n) is 2.00. The van der Waals surface area contributed by atoms with Crippen LogP contribution >= 0.6 is 11.6 Å². The van der Waals surface area contributed by atoms with Crippen molar-refractivity contribution in [3.05, 3.63) is 0 Å². The van der Waals surface area contributed by atoms with Crippen molar-refractivity contribution in [2.75, 3.05) is 12.5 Å². The Morgan fingerprint density at radius 1 is 1.43 bits per heavy atom. The van der Waals surface area contributed by atoms with E-state index in [-0.39, 0.29) is 0 Å². The maximum absolute atomic E-state index is 6.00. The highest BCUT2D eigenvalue weighted by Gasteiger charge is 2.25. The van der Waals surface area contributed by atoms with E-state index in [2.05, 4.69) is 20.8 Å². The molecule has 0 amide bonds. The first-order valence-electron chi connectivity index (χ1n) is 5.71. The molecule has 1 saturated heterocycles. The van der Waals surface area contributed by atoms with E-state index in [0.29, 0.717) is 17.4 Å². The Morgan fingerprint density at radius 2 is 2.14 bits per heavy atom. The second-order valence-corrected chi connectivity index (χ2v) is 5.74. The second kappa shape index (κ2) is 5.37. The summed E-state index contributed by atoms with van der Waals surface area (Å²) in [6.45, 7) is 7.78. The molecule has 2 atom stereocenters. The minimum atomic E-state index is 0.334. The lowest BCUT2D eigenvalue weighted by atomic mass is 9.79. The Balaban J connectivity index is 2.26. The SMILES string of the molecule is CC(C)(C)C(CCl)CCC1CCCO1. The van der Waals surface area contributed by atoms with Crippen molar-refractivity contribution in [2.24, 2.45) is 11.3 Å². The van der Waals surface area contributed by atoms with Crippen molar-refractivity contribution in [1.82, 2.24) is 0 Å². The van der Waals surface area contributed by atoms with Crippen LogP contribution in [0.4, 0.5) is 0 Å². The molecule has 0 N–H and O–H groups in total. The topological polar surface area (TPSA) is 9.23 Å². The van der Waals surface area contributed by atoms with Crippen molar-refractivity contribution in [3.8, 4) is 0 Å². The molecule has 0 spiro atoms. The van der Waals surface area contributed by atoms with Gasteiger partial charge in [0.25, 0.3) is 0 Å². The molecule has 14 heavy (non-hydrogen) atoms. The molecule has 0 aromatic rings. The van der Waals surface area contributed by atoms with Gasteiger partial charge in [0.1, 0.15) is 0 Å². The predicted molar refractivity (Wildman–Crippen MR) is 61.9 cm³/mol. The fraction of sp³-hybridized carbons (Fsp3) is 1.00. The quantitative estimate of drug-likeness (QED) is 0.652. The monoisotopic (exact) mass is 218 g/mol.